The molecule has 66 heavy (non-hydrogen) atoms. The number of hydrogen-bond acceptors (Lipinski definition) is 16. The summed E-state index contributed by atoms with van der Waals surface area (Å²) < 4.78 is 54.8. The van der Waals surface area contributed by atoms with Crippen LogP contribution in [0.5, 0.6) is 0 Å². The van der Waals surface area contributed by atoms with Crippen molar-refractivity contribution < 1.29 is 36.9 Å². The summed E-state index contributed by atoms with van der Waals surface area (Å²) in [4.78, 5) is 58.6. The van der Waals surface area contributed by atoms with Crippen molar-refractivity contribution in [1.29, 1.82) is 0 Å². The molecule has 0 saturated carbocycles. The monoisotopic (exact) mass is 902 g/mol. The molecule has 0 aliphatic rings. The van der Waals surface area contributed by atoms with Gasteiger partial charge in [-0.2, -0.15) is 15.3 Å². The maximum atomic E-state index is 15.7. The third kappa shape index (κ3) is 8.54. The average Bonchev–Trinajstić information content (AvgIpc) is 4.13. The number of H-pyrrole nitrogens is 2. The second kappa shape index (κ2) is 17.7. The summed E-state index contributed by atoms with van der Waals surface area (Å²) in [7, 11) is 0. The van der Waals surface area contributed by atoms with E-state index in [2.05, 4.69) is 50.9 Å². The smallest absolute Gasteiger partial charge is 0.317 e. The molecule has 0 fully saturated rings. The molecule has 0 amide bonds. The standard InChI is InChI=1S/C44H40F2N12O8/c1-7-63-41(61)43(3,4)35-40(60)52-51-37(47-35)30-19-33(57(53-30)21-24-11-9-10-12-26(24)45)29-20-34(66-56-29)23-13-14-27(46)25(17-23)22-58-32(28-15-16-65-55-28)18-31(54-58)38-48-39(59)36(49-50-38)44(5,6)42(62)64-8-2/h9-20H,7-8,21-22H2,1-6H3,(H,52,60)(H,48,50,59). The predicted octanol–water partition coefficient (Wildman–Crippen LogP) is 5.40. The maximum Gasteiger partial charge on any atom is 0.317 e. The Hall–Kier alpha value is -8.30. The lowest BCUT2D eigenvalue weighted by Gasteiger charge is -2.20. The molecule has 0 atom stereocenters. The van der Waals surface area contributed by atoms with Crippen molar-refractivity contribution in [2.45, 2.75) is 65.5 Å². The molecule has 0 aliphatic heterocycles. The molecule has 0 radical (unpaired) electrons. The molecule has 0 bridgehead atoms. The summed E-state index contributed by atoms with van der Waals surface area (Å²) in [6.45, 7) is 9.30. The first kappa shape index (κ1) is 44.3. The molecule has 6 aromatic heterocycles. The number of ether oxygens (including phenoxy) is 2. The van der Waals surface area contributed by atoms with Crippen LogP contribution in [-0.2, 0) is 43.0 Å². The number of nitrogens with zero attached hydrogens (tertiary/aromatic N) is 10. The van der Waals surface area contributed by atoms with Gasteiger partial charge in [0.25, 0.3) is 11.1 Å². The van der Waals surface area contributed by atoms with Gasteiger partial charge >= 0.3 is 11.9 Å². The van der Waals surface area contributed by atoms with Crippen LogP contribution < -0.4 is 11.1 Å². The number of carbonyl (C=O) groups excluding carboxylic acids is 2. The van der Waals surface area contributed by atoms with Crippen molar-refractivity contribution in [2.75, 3.05) is 13.2 Å². The summed E-state index contributed by atoms with van der Waals surface area (Å²) in [6, 6.07) is 16.8. The van der Waals surface area contributed by atoms with Crippen LogP contribution in [0.1, 0.15) is 64.1 Å². The quantitative estimate of drug-likeness (QED) is 0.122. The summed E-state index contributed by atoms with van der Waals surface area (Å²) in [6.07, 6.45) is 1.35. The zero-order chi connectivity index (χ0) is 46.9. The van der Waals surface area contributed by atoms with Crippen LogP contribution in [0.2, 0.25) is 0 Å². The number of halogens is 2. The zero-order valence-electron chi connectivity index (χ0n) is 36.3. The van der Waals surface area contributed by atoms with Crippen molar-refractivity contribution in [3.63, 3.8) is 0 Å². The van der Waals surface area contributed by atoms with Crippen molar-refractivity contribution in [1.82, 2.24) is 60.2 Å². The van der Waals surface area contributed by atoms with Crippen molar-refractivity contribution in [3.05, 3.63) is 128 Å². The van der Waals surface area contributed by atoms with Gasteiger partial charge in [-0.25, -0.2) is 18.9 Å². The number of hydrogen-bond donors (Lipinski definition) is 2. The molecule has 2 aromatic carbocycles. The predicted molar refractivity (Wildman–Crippen MR) is 228 cm³/mol. The SMILES string of the molecule is CCOC(=O)C(C)(C)c1nc(-c2cc(-c3cc(-c4ccc(F)c(Cn5nc(-c6nnc(C(C)(C)C(=O)OCC)c(=O)[nH]6)cc5-c5ccon5)c4)on3)n(Cc3ccccc3F)n2)n[nH]c1=O. The number of nitrogens with one attached hydrogen (secondary N) is 2. The van der Waals surface area contributed by atoms with Gasteiger partial charge in [0.1, 0.15) is 62.9 Å². The van der Waals surface area contributed by atoms with Gasteiger partial charge in [-0.3, -0.25) is 28.5 Å². The van der Waals surface area contributed by atoms with Crippen molar-refractivity contribution in [2.24, 2.45) is 0 Å². The number of carbonyl (C=O) groups is 2. The van der Waals surface area contributed by atoms with E-state index in [-0.39, 0.29) is 77.7 Å². The zero-order valence-corrected chi connectivity index (χ0v) is 36.3. The number of esters is 2. The van der Waals surface area contributed by atoms with E-state index < -0.39 is 45.5 Å². The molecular weight excluding hydrogens is 863 g/mol. The molecule has 0 spiro atoms. The highest BCUT2D eigenvalue weighted by molar-refractivity contribution is 5.82. The van der Waals surface area contributed by atoms with E-state index in [9.17, 15) is 19.2 Å². The molecule has 6 heterocycles. The third-order valence-corrected chi connectivity index (χ3v) is 10.6. The normalized spacial score (nSPS) is 11.8. The first-order valence-corrected chi connectivity index (χ1v) is 20.4. The Bertz CT molecular complexity index is 3220. The van der Waals surface area contributed by atoms with Gasteiger partial charge in [-0.1, -0.05) is 28.5 Å². The molecule has 20 nitrogen and oxygen atoms in total. The summed E-state index contributed by atoms with van der Waals surface area (Å²) in [5.41, 5.74) is -2.01. The largest absolute Gasteiger partial charge is 0.465 e. The van der Waals surface area contributed by atoms with Crippen LogP contribution in [-0.4, -0.2) is 85.4 Å². The minimum absolute atomic E-state index is 0.0271. The fourth-order valence-corrected chi connectivity index (χ4v) is 6.94. The van der Waals surface area contributed by atoms with Gasteiger partial charge < -0.3 is 23.5 Å². The Balaban J connectivity index is 1.13. The first-order chi connectivity index (χ1) is 31.6. The Kier molecular flexibility index (Phi) is 11.9. The van der Waals surface area contributed by atoms with Gasteiger partial charge in [0.05, 0.1) is 37.7 Å². The van der Waals surface area contributed by atoms with Gasteiger partial charge in [0.15, 0.2) is 17.4 Å². The van der Waals surface area contributed by atoms with Crippen LogP contribution in [0.25, 0.3) is 57.1 Å². The lowest BCUT2D eigenvalue weighted by Crippen LogP contribution is -2.38. The highest BCUT2D eigenvalue weighted by atomic mass is 19.1. The van der Waals surface area contributed by atoms with E-state index >= 15 is 8.78 Å². The molecule has 0 unspecified atom stereocenters. The topological polar surface area (TPSA) is 258 Å². The molecule has 0 saturated heterocycles. The van der Waals surface area contributed by atoms with Crippen LogP contribution in [0.15, 0.2) is 91.6 Å². The van der Waals surface area contributed by atoms with E-state index in [1.807, 2.05) is 0 Å². The molecule has 0 aliphatic carbocycles. The third-order valence-electron chi connectivity index (χ3n) is 10.6. The molecule has 338 valence electrons. The Labute approximate surface area is 372 Å². The fraction of sp³-hybridized carbons (Fsp3) is 0.273. The van der Waals surface area contributed by atoms with E-state index in [4.69, 9.17) is 18.5 Å². The molecular formula is C44H40F2N12O8. The van der Waals surface area contributed by atoms with Crippen molar-refractivity contribution in [3.8, 4) is 57.1 Å². The van der Waals surface area contributed by atoms with Crippen molar-refractivity contribution >= 4 is 11.9 Å². The highest BCUT2D eigenvalue weighted by Gasteiger charge is 2.38. The molecule has 8 rings (SSSR count). The van der Waals surface area contributed by atoms with Crippen LogP contribution >= 0.6 is 0 Å². The molecule has 2 N–H and O–H groups in total. The Morgan fingerprint density at radius 2 is 1.36 bits per heavy atom. The number of aromatic amines is 2. The Morgan fingerprint density at radius 1 is 0.712 bits per heavy atom. The first-order valence-electron chi connectivity index (χ1n) is 20.4. The maximum absolute atomic E-state index is 15.7. The van der Waals surface area contributed by atoms with Gasteiger partial charge in [0, 0.05) is 28.8 Å². The van der Waals surface area contributed by atoms with Crippen LogP contribution in [0.4, 0.5) is 8.78 Å². The average molecular weight is 903 g/mol. The van der Waals surface area contributed by atoms with E-state index in [0.29, 0.717) is 28.2 Å². The van der Waals surface area contributed by atoms with Gasteiger partial charge in [-0.15, -0.1) is 10.2 Å². The minimum atomic E-state index is -1.45. The molecule has 8 aromatic rings. The number of rotatable bonds is 15. The summed E-state index contributed by atoms with van der Waals surface area (Å²) in [5, 5.41) is 32.3. The van der Waals surface area contributed by atoms with E-state index in [1.165, 1.54) is 61.5 Å². The van der Waals surface area contributed by atoms with Crippen LogP contribution in [0, 0.1) is 11.6 Å². The highest BCUT2D eigenvalue weighted by Crippen LogP contribution is 2.32. The summed E-state index contributed by atoms with van der Waals surface area (Å²) in [5.74, 6) is -2.22. The number of benzene rings is 2. The van der Waals surface area contributed by atoms with Gasteiger partial charge in [-0.05, 0) is 77.9 Å². The second-order valence-corrected chi connectivity index (χ2v) is 15.9. The lowest BCUT2D eigenvalue weighted by molar-refractivity contribution is -0.149. The Morgan fingerprint density at radius 3 is 2.05 bits per heavy atom. The minimum Gasteiger partial charge on any atom is -0.465 e. The van der Waals surface area contributed by atoms with E-state index in [0.717, 1.165) is 0 Å². The number of aromatic nitrogens is 12. The summed E-state index contributed by atoms with van der Waals surface area (Å²) >= 11 is 0. The van der Waals surface area contributed by atoms with Gasteiger partial charge in [0.2, 0.25) is 0 Å². The van der Waals surface area contributed by atoms with Crippen LogP contribution in [0.3, 0.4) is 0 Å². The fourth-order valence-electron chi connectivity index (χ4n) is 6.94. The molecule has 22 heteroatoms. The van der Waals surface area contributed by atoms with E-state index in [1.54, 1.807) is 62.4 Å². The lowest BCUT2D eigenvalue weighted by atomic mass is 9.89. The second-order valence-electron chi connectivity index (χ2n) is 15.9.